The van der Waals surface area contributed by atoms with Gasteiger partial charge in [-0.25, -0.2) is 13.3 Å². The molecule has 2 heterocycles. The maximum atomic E-state index is 12.2. The van der Waals surface area contributed by atoms with Crippen molar-refractivity contribution in [3.8, 4) is 0 Å². The average molecular weight is 343 g/mol. The zero-order valence-electron chi connectivity index (χ0n) is 12.3. The largest absolute Gasteiger partial charge is 0.480 e. The summed E-state index contributed by atoms with van der Waals surface area (Å²) < 4.78 is 15.3. The molecule has 2 atom stereocenters. The second-order valence-corrected chi connectivity index (χ2v) is 6.55. The standard InChI is InChI=1S/C12H17N5O5S/c1-16-6-9(2-14-16)23(22)17-4-8(5-17)11(19)15-10(12(20)21)3-13-7-18/h2,6-8,10H,3-5H2,1H3,(H,13,18)(H,15,19)(H,20,21). The predicted molar refractivity (Wildman–Crippen MR) is 78.3 cm³/mol. The maximum absolute atomic E-state index is 12.2. The van der Waals surface area contributed by atoms with Crippen LogP contribution in [0.15, 0.2) is 17.3 Å². The third-order valence-electron chi connectivity index (χ3n) is 3.36. The molecular formula is C12H17N5O5S. The highest BCUT2D eigenvalue weighted by atomic mass is 32.2. The molecule has 23 heavy (non-hydrogen) atoms. The summed E-state index contributed by atoms with van der Waals surface area (Å²) in [5.41, 5.74) is 0. The van der Waals surface area contributed by atoms with E-state index in [1.807, 2.05) is 0 Å². The van der Waals surface area contributed by atoms with Crippen molar-refractivity contribution in [2.24, 2.45) is 13.0 Å². The van der Waals surface area contributed by atoms with E-state index in [2.05, 4.69) is 15.7 Å². The molecule has 2 amide bonds. The molecule has 3 N–H and O–H groups in total. The second-order valence-electron chi connectivity index (χ2n) is 5.07. The molecule has 11 heteroatoms. The first-order valence-corrected chi connectivity index (χ1v) is 7.88. The number of aromatic nitrogens is 2. The third kappa shape index (κ3) is 4.13. The minimum atomic E-state index is -1.39. The Hall–Kier alpha value is -2.27. The summed E-state index contributed by atoms with van der Waals surface area (Å²) in [6, 6.07) is -1.19. The van der Waals surface area contributed by atoms with Crippen LogP contribution in [0.1, 0.15) is 0 Å². The van der Waals surface area contributed by atoms with E-state index in [0.717, 1.165) is 0 Å². The zero-order chi connectivity index (χ0) is 17.0. The molecule has 0 saturated carbocycles. The summed E-state index contributed by atoms with van der Waals surface area (Å²) in [7, 11) is 0.326. The van der Waals surface area contributed by atoms with Crippen LogP contribution in [0.3, 0.4) is 0 Å². The third-order valence-corrected chi connectivity index (χ3v) is 4.74. The molecule has 0 radical (unpaired) electrons. The van der Waals surface area contributed by atoms with E-state index < -0.39 is 34.8 Å². The summed E-state index contributed by atoms with van der Waals surface area (Å²) in [4.78, 5) is 33.7. The summed E-state index contributed by atoms with van der Waals surface area (Å²) >= 11 is 0. The normalized spacial score (nSPS) is 17.8. The fourth-order valence-corrected chi connectivity index (χ4v) is 3.34. The quantitative estimate of drug-likeness (QED) is 0.454. The SMILES string of the molecule is Cn1cc(S(=O)N2CC(C(=O)NC(CNC=O)C(=O)O)C2)cn1. The first-order valence-electron chi connectivity index (χ1n) is 6.78. The van der Waals surface area contributed by atoms with E-state index in [-0.39, 0.29) is 19.6 Å². The monoisotopic (exact) mass is 343 g/mol. The van der Waals surface area contributed by atoms with E-state index in [1.54, 1.807) is 17.5 Å². The minimum Gasteiger partial charge on any atom is -0.480 e. The van der Waals surface area contributed by atoms with Crippen molar-refractivity contribution >= 4 is 29.3 Å². The fourth-order valence-electron chi connectivity index (χ4n) is 2.03. The highest BCUT2D eigenvalue weighted by molar-refractivity contribution is 7.82. The molecule has 126 valence electrons. The summed E-state index contributed by atoms with van der Waals surface area (Å²) in [6.45, 7) is 0.337. The van der Waals surface area contributed by atoms with E-state index >= 15 is 0 Å². The van der Waals surface area contributed by atoms with Gasteiger partial charge >= 0.3 is 5.97 Å². The van der Waals surface area contributed by atoms with Crippen LogP contribution in [-0.2, 0) is 32.4 Å². The Morgan fingerprint density at radius 1 is 1.57 bits per heavy atom. The van der Waals surface area contributed by atoms with Crippen molar-refractivity contribution in [1.29, 1.82) is 0 Å². The molecule has 2 rings (SSSR count). The van der Waals surface area contributed by atoms with Crippen molar-refractivity contribution < 1.29 is 23.7 Å². The number of carbonyl (C=O) groups is 3. The number of carboxylic acid groups (broad SMARTS) is 1. The first kappa shape index (κ1) is 17.1. The van der Waals surface area contributed by atoms with Gasteiger partial charge in [-0.2, -0.15) is 5.10 Å². The van der Waals surface area contributed by atoms with E-state index in [0.29, 0.717) is 11.3 Å². The number of hydrogen-bond donors (Lipinski definition) is 3. The highest BCUT2D eigenvalue weighted by Gasteiger charge is 2.38. The molecule has 1 fully saturated rings. The molecule has 1 aliphatic rings. The van der Waals surface area contributed by atoms with Crippen molar-refractivity contribution in [2.75, 3.05) is 19.6 Å². The lowest BCUT2D eigenvalue weighted by atomic mass is 10.0. The Balaban J connectivity index is 1.83. The number of carbonyl (C=O) groups excluding carboxylic acids is 2. The van der Waals surface area contributed by atoms with Gasteiger partial charge in [0.25, 0.3) is 0 Å². The number of hydrogen-bond acceptors (Lipinski definition) is 5. The van der Waals surface area contributed by atoms with Crippen molar-refractivity contribution in [3.63, 3.8) is 0 Å². The molecule has 1 aliphatic heterocycles. The molecule has 0 aliphatic carbocycles. The molecule has 10 nitrogen and oxygen atoms in total. The molecule has 0 spiro atoms. The molecular weight excluding hydrogens is 326 g/mol. The van der Waals surface area contributed by atoms with Crippen LogP contribution in [0, 0.1) is 5.92 Å². The van der Waals surface area contributed by atoms with Gasteiger partial charge in [-0.3, -0.25) is 14.3 Å². The fraction of sp³-hybridized carbons (Fsp3) is 0.500. The van der Waals surface area contributed by atoms with Crippen LogP contribution in [0.2, 0.25) is 0 Å². The Bertz CT molecular complexity index is 627. The topological polar surface area (TPSA) is 134 Å². The minimum absolute atomic E-state index is 0.192. The van der Waals surface area contributed by atoms with Crippen molar-refractivity contribution in [3.05, 3.63) is 12.4 Å². The lowest BCUT2D eigenvalue weighted by Crippen LogP contribution is -2.57. The van der Waals surface area contributed by atoms with Crippen LogP contribution in [0.4, 0.5) is 0 Å². The van der Waals surface area contributed by atoms with Gasteiger partial charge in [0.2, 0.25) is 12.3 Å². The Morgan fingerprint density at radius 2 is 2.26 bits per heavy atom. The van der Waals surface area contributed by atoms with Crippen molar-refractivity contribution in [2.45, 2.75) is 10.9 Å². The average Bonchev–Trinajstić information content (AvgIpc) is 2.88. The summed E-state index contributed by atoms with van der Waals surface area (Å²) in [6.07, 6.45) is 3.49. The molecule has 1 aromatic heterocycles. The van der Waals surface area contributed by atoms with E-state index in [1.165, 1.54) is 10.9 Å². The van der Waals surface area contributed by atoms with Gasteiger partial charge in [-0.15, -0.1) is 0 Å². The molecule has 0 aromatic carbocycles. The van der Waals surface area contributed by atoms with Crippen LogP contribution in [0.25, 0.3) is 0 Å². The Morgan fingerprint density at radius 3 is 2.78 bits per heavy atom. The molecule has 1 aromatic rings. The van der Waals surface area contributed by atoms with Gasteiger partial charge in [0.1, 0.15) is 17.0 Å². The van der Waals surface area contributed by atoms with E-state index in [4.69, 9.17) is 5.11 Å². The zero-order valence-corrected chi connectivity index (χ0v) is 13.2. The van der Waals surface area contributed by atoms with Gasteiger partial charge in [0.15, 0.2) is 0 Å². The Kier molecular flexibility index (Phi) is 5.45. The molecule has 1 saturated heterocycles. The van der Waals surface area contributed by atoms with Crippen LogP contribution < -0.4 is 10.6 Å². The molecule has 2 unspecified atom stereocenters. The van der Waals surface area contributed by atoms with Gasteiger partial charge in [-0.1, -0.05) is 0 Å². The lowest BCUT2D eigenvalue weighted by molar-refractivity contribution is -0.143. The van der Waals surface area contributed by atoms with Crippen molar-refractivity contribution in [1.82, 2.24) is 24.7 Å². The van der Waals surface area contributed by atoms with Crippen LogP contribution >= 0.6 is 0 Å². The highest BCUT2D eigenvalue weighted by Crippen LogP contribution is 2.21. The van der Waals surface area contributed by atoms with E-state index in [9.17, 15) is 18.6 Å². The maximum Gasteiger partial charge on any atom is 0.328 e. The second kappa shape index (κ2) is 7.33. The number of rotatable bonds is 8. The number of nitrogens with zero attached hydrogens (tertiary/aromatic N) is 3. The first-order chi connectivity index (χ1) is 10.9. The van der Waals surface area contributed by atoms with Crippen LogP contribution in [-0.4, -0.2) is 67.4 Å². The number of amides is 2. The predicted octanol–water partition coefficient (Wildman–Crippen LogP) is -2.31. The Labute approximate surface area is 134 Å². The molecule has 0 bridgehead atoms. The van der Waals surface area contributed by atoms with Gasteiger partial charge in [0.05, 0.1) is 17.0 Å². The summed E-state index contributed by atoms with van der Waals surface area (Å²) in [5.74, 6) is -2.11. The summed E-state index contributed by atoms with van der Waals surface area (Å²) in [5, 5.41) is 17.5. The van der Waals surface area contributed by atoms with Crippen LogP contribution in [0.5, 0.6) is 0 Å². The smallest absolute Gasteiger partial charge is 0.328 e. The number of aryl methyl sites for hydroxylation is 1. The number of aliphatic carboxylic acids is 1. The van der Waals surface area contributed by atoms with Gasteiger partial charge in [0, 0.05) is 32.9 Å². The van der Waals surface area contributed by atoms with Gasteiger partial charge in [-0.05, 0) is 0 Å². The van der Waals surface area contributed by atoms with Gasteiger partial charge < -0.3 is 15.7 Å². The number of nitrogens with one attached hydrogen (secondary N) is 2. The number of carboxylic acids is 1. The lowest BCUT2D eigenvalue weighted by Gasteiger charge is -2.36.